The molecular weight excluding hydrogens is 246 g/mol. The Kier molecular flexibility index (Phi) is 4.66. The van der Waals surface area contributed by atoms with Gasteiger partial charge in [0.1, 0.15) is 5.75 Å². The predicted molar refractivity (Wildman–Crippen MR) is 86.0 cm³/mol. The Labute approximate surface area is 122 Å². The van der Waals surface area contributed by atoms with E-state index in [4.69, 9.17) is 4.84 Å². The Morgan fingerprint density at radius 1 is 1.00 bits per heavy atom. The zero-order valence-corrected chi connectivity index (χ0v) is 13.0. The topological polar surface area (TPSA) is 21.3 Å². The van der Waals surface area contributed by atoms with Crippen molar-refractivity contribution in [3.05, 3.63) is 42.0 Å². The zero-order valence-electron chi connectivity index (χ0n) is 13.0. The molecule has 0 radical (unpaired) electrons. The maximum Gasteiger partial charge on any atom is 0.147 e. The van der Waals surface area contributed by atoms with Crippen molar-refractivity contribution in [3.8, 4) is 5.75 Å². The Hall–Kier alpha value is -1.54. The first kappa shape index (κ1) is 14.9. The molecule has 2 heteroatoms. The number of rotatable bonds is 6. The quantitative estimate of drug-likeness (QED) is 0.767. The van der Waals surface area contributed by atoms with Gasteiger partial charge in [0, 0.05) is 6.54 Å². The summed E-state index contributed by atoms with van der Waals surface area (Å²) in [4.78, 5) is 5.44. The molecule has 0 saturated heterocycles. The van der Waals surface area contributed by atoms with Gasteiger partial charge in [0.15, 0.2) is 0 Å². The van der Waals surface area contributed by atoms with Gasteiger partial charge in [-0.15, -0.1) is 0 Å². The number of benzene rings is 2. The standard InChI is InChI=1S/C18H25NO/c1-5-18(3,4)13-14-7-8-16-12-17(20-19-6-2)10-9-15(16)11-14/h7-12,19H,5-6,13H2,1-4H3. The first-order chi connectivity index (χ1) is 9.54. The van der Waals surface area contributed by atoms with E-state index in [9.17, 15) is 0 Å². The minimum absolute atomic E-state index is 0.363. The van der Waals surface area contributed by atoms with E-state index in [-0.39, 0.29) is 0 Å². The largest absolute Gasteiger partial charge is 0.409 e. The van der Waals surface area contributed by atoms with Crippen molar-refractivity contribution in [3.63, 3.8) is 0 Å². The minimum atomic E-state index is 0.363. The number of hydrogen-bond acceptors (Lipinski definition) is 2. The number of hydroxylamine groups is 1. The zero-order chi connectivity index (χ0) is 14.6. The van der Waals surface area contributed by atoms with Crippen LogP contribution in [0.5, 0.6) is 5.75 Å². The number of hydrogen-bond donors (Lipinski definition) is 1. The summed E-state index contributed by atoms with van der Waals surface area (Å²) in [5.74, 6) is 0.862. The molecule has 2 nitrogen and oxygen atoms in total. The second-order valence-electron chi connectivity index (χ2n) is 6.14. The maximum atomic E-state index is 5.44. The first-order valence-corrected chi connectivity index (χ1v) is 7.46. The SMILES string of the molecule is CCNOc1ccc2cc(CC(C)(C)CC)ccc2c1. The average Bonchev–Trinajstić information content (AvgIpc) is 2.44. The van der Waals surface area contributed by atoms with Crippen LogP contribution >= 0.6 is 0 Å². The van der Waals surface area contributed by atoms with E-state index in [2.05, 4.69) is 56.6 Å². The molecule has 20 heavy (non-hydrogen) atoms. The van der Waals surface area contributed by atoms with Gasteiger partial charge in [0.05, 0.1) is 0 Å². The third-order valence-electron chi connectivity index (χ3n) is 3.85. The molecule has 0 atom stereocenters. The van der Waals surface area contributed by atoms with Crippen molar-refractivity contribution in [2.75, 3.05) is 6.54 Å². The lowest BCUT2D eigenvalue weighted by Crippen LogP contribution is -2.17. The third kappa shape index (κ3) is 3.73. The van der Waals surface area contributed by atoms with Crippen LogP contribution in [-0.2, 0) is 6.42 Å². The summed E-state index contributed by atoms with van der Waals surface area (Å²) in [7, 11) is 0. The molecule has 2 aromatic rings. The first-order valence-electron chi connectivity index (χ1n) is 7.46. The molecule has 0 aromatic heterocycles. The smallest absolute Gasteiger partial charge is 0.147 e. The highest BCUT2D eigenvalue weighted by atomic mass is 16.6. The van der Waals surface area contributed by atoms with Crippen LogP contribution in [0.1, 0.15) is 39.7 Å². The van der Waals surface area contributed by atoms with Crippen LogP contribution in [0.3, 0.4) is 0 Å². The van der Waals surface area contributed by atoms with Crippen molar-refractivity contribution in [2.24, 2.45) is 5.41 Å². The van der Waals surface area contributed by atoms with Gasteiger partial charge in [-0.25, -0.2) is 0 Å². The van der Waals surface area contributed by atoms with E-state index in [0.717, 1.165) is 18.7 Å². The van der Waals surface area contributed by atoms with E-state index in [1.165, 1.54) is 22.8 Å². The Bertz CT molecular complexity index is 575. The maximum absolute atomic E-state index is 5.44. The van der Waals surface area contributed by atoms with Crippen molar-refractivity contribution in [1.29, 1.82) is 0 Å². The molecule has 2 aromatic carbocycles. The Morgan fingerprint density at radius 3 is 2.40 bits per heavy atom. The molecule has 0 spiro atoms. The highest BCUT2D eigenvalue weighted by Crippen LogP contribution is 2.28. The molecule has 0 bridgehead atoms. The molecule has 0 saturated carbocycles. The Morgan fingerprint density at radius 2 is 1.70 bits per heavy atom. The Balaban J connectivity index is 2.22. The lowest BCUT2D eigenvalue weighted by Gasteiger charge is -2.22. The van der Waals surface area contributed by atoms with Crippen LogP contribution < -0.4 is 10.3 Å². The summed E-state index contributed by atoms with van der Waals surface area (Å²) in [5.41, 5.74) is 4.65. The third-order valence-corrected chi connectivity index (χ3v) is 3.85. The molecule has 2 rings (SSSR count). The molecule has 0 fully saturated rings. The lowest BCUT2D eigenvalue weighted by atomic mass is 9.83. The van der Waals surface area contributed by atoms with Gasteiger partial charge in [-0.05, 0) is 47.2 Å². The van der Waals surface area contributed by atoms with E-state index < -0.39 is 0 Å². The molecular formula is C18H25NO. The summed E-state index contributed by atoms with van der Waals surface area (Å²) >= 11 is 0. The van der Waals surface area contributed by atoms with Crippen LogP contribution in [0.25, 0.3) is 10.8 Å². The van der Waals surface area contributed by atoms with E-state index in [1.54, 1.807) is 0 Å². The van der Waals surface area contributed by atoms with Crippen LogP contribution in [0.2, 0.25) is 0 Å². The van der Waals surface area contributed by atoms with E-state index in [1.807, 2.05) is 13.0 Å². The molecule has 0 aliphatic rings. The second kappa shape index (κ2) is 6.27. The molecule has 0 aliphatic carbocycles. The minimum Gasteiger partial charge on any atom is -0.409 e. The van der Waals surface area contributed by atoms with Crippen molar-refractivity contribution in [2.45, 2.75) is 40.5 Å². The highest BCUT2D eigenvalue weighted by Gasteiger charge is 2.15. The number of fused-ring (bicyclic) bond motifs is 1. The van der Waals surface area contributed by atoms with E-state index >= 15 is 0 Å². The fourth-order valence-electron chi connectivity index (χ4n) is 2.28. The lowest BCUT2D eigenvalue weighted by molar-refractivity contribution is 0.203. The summed E-state index contributed by atoms with van der Waals surface area (Å²) in [6, 6.07) is 12.9. The summed E-state index contributed by atoms with van der Waals surface area (Å²) < 4.78 is 0. The fourth-order valence-corrected chi connectivity index (χ4v) is 2.28. The van der Waals surface area contributed by atoms with Gasteiger partial charge in [-0.1, -0.05) is 51.5 Å². The van der Waals surface area contributed by atoms with Gasteiger partial charge in [-0.2, -0.15) is 5.48 Å². The van der Waals surface area contributed by atoms with Crippen molar-refractivity contribution >= 4 is 10.8 Å². The molecule has 1 N–H and O–H groups in total. The molecule has 0 amide bonds. The van der Waals surface area contributed by atoms with Gasteiger partial charge < -0.3 is 4.84 Å². The van der Waals surface area contributed by atoms with Gasteiger partial charge >= 0.3 is 0 Å². The van der Waals surface area contributed by atoms with E-state index in [0.29, 0.717) is 5.41 Å². The van der Waals surface area contributed by atoms with Gasteiger partial charge in [-0.3, -0.25) is 0 Å². The summed E-state index contributed by atoms with van der Waals surface area (Å²) in [6.45, 7) is 9.71. The molecule has 0 heterocycles. The predicted octanol–water partition coefficient (Wildman–Crippen LogP) is 4.72. The highest BCUT2D eigenvalue weighted by molar-refractivity contribution is 5.84. The molecule has 0 unspecified atom stereocenters. The summed E-state index contributed by atoms with van der Waals surface area (Å²) in [6.07, 6.45) is 2.32. The van der Waals surface area contributed by atoms with Crippen molar-refractivity contribution in [1.82, 2.24) is 5.48 Å². The monoisotopic (exact) mass is 271 g/mol. The van der Waals surface area contributed by atoms with Crippen LogP contribution in [0.15, 0.2) is 36.4 Å². The van der Waals surface area contributed by atoms with Crippen molar-refractivity contribution < 1.29 is 4.84 Å². The van der Waals surface area contributed by atoms with Crippen LogP contribution in [0, 0.1) is 5.41 Å². The normalized spacial score (nSPS) is 11.8. The van der Waals surface area contributed by atoms with Crippen LogP contribution in [0.4, 0.5) is 0 Å². The molecule has 0 aliphatic heterocycles. The summed E-state index contributed by atoms with van der Waals surface area (Å²) in [5, 5.41) is 2.50. The van der Waals surface area contributed by atoms with Gasteiger partial charge in [0.25, 0.3) is 0 Å². The average molecular weight is 271 g/mol. The van der Waals surface area contributed by atoms with Crippen LogP contribution in [-0.4, -0.2) is 6.54 Å². The van der Waals surface area contributed by atoms with Gasteiger partial charge in [0.2, 0.25) is 0 Å². The number of nitrogens with one attached hydrogen (secondary N) is 1. The fraction of sp³-hybridized carbons (Fsp3) is 0.444. The molecule has 108 valence electrons. The second-order valence-corrected chi connectivity index (χ2v) is 6.14.